The molecule has 0 aromatic heterocycles. The van der Waals surface area contributed by atoms with Crippen LogP contribution in [-0.2, 0) is 28.6 Å². The summed E-state index contributed by atoms with van der Waals surface area (Å²) in [5.41, 5.74) is 0. The Morgan fingerprint density at radius 2 is 0.481 bits per heavy atom. The van der Waals surface area contributed by atoms with E-state index in [-0.39, 0.29) is 31.1 Å². The van der Waals surface area contributed by atoms with Crippen molar-refractivity contribution in [1.29, 1.82) is 0 Å². The monoisotopic (exact) mass is 1120 g/mol. The van der Waals surface area contributed by atoms with Gasteiger partial charge in [-0.15, -0.1) is 0 Å². The van der Waals surface area contributed by atoms with Gasteiger partial charge in [0.2, 0.25) is 0 Å². The van der Waals surface area contributed by atoms with Crippen molar-refractivity contribution in [1.82, 2.24) is 0 Å². The third kappa shape index (κ3) is 66.8. The Kier molecular flexibility index (Phi) is 65.2. The van der Waals surface area contributed by atoms with Crippen molar-refractivity contribution >= 4 is 17.9 Å². The van der Waals surface area contributed by atoms with Crippen LogP contribution in [0.2, 0.25) is 0 Å². The number of esters is 3. The second-order valence-electron chi connectivity index (χ2n) is 22.7. The molecule has 0 rings (SSSR count). The molecule has 0 aliphatic rings. The first kappa shape index (κ1) is 77.1. The lowest BCUT2D eigenvalue weighted by Crippen LogP contribution is -2.30. The van der Waals surface area contributed by atoms with E-state index < -0.39 is 6.10 Å². The van der Waals surface area contributed by atoms with E-state index in [1.807, 2.05) is 0 Å². The van der Waals surface area contributed by atoms with E-state index in [2.05, 4.69) is 130 Å². The number of carbonyl (C=O) groups excluding carboxylic acids is 3. The van der Waals surface area contributed by atoms with E-state index in [0.29, 0.717) is 19.3 Å². The number of unbranched alkanes of at least 4 members (excludes halogenated alkanes) is 33. The van der Waals surface area contributed by atoms with Gasteiger partial charge in [0, 0.05) is 19.3 Å². The van der Waals surface area contributed by atoms with Crippen LogP contribution in [0, 0.1) is 0 Å². The molecule has 0 spiro atoms. The van der Waals surface area contributed by atoms with Crippen LogP contribution >= 0.6 is 0 Å². The summed E-state index contributed by atoms with van der Waals surface area (Å²) in [6.45, 7) is 6.44. The van der Waals surface area contributed by atoms with Crippen LogP contribution in [0.15, 0.2) is 109 Å². The summed E-state index contributed by atoms with van der Waals surface area (Å²) >= 11 is 0. The van der Waals surface area contributed by atoms with Gasteiger partial charge in [0.1, 0.15) is 13.2 Å². The minimum absolute atomic E-state index is 0.0805. The maximum atomic E-state index is 13.0. The highest BCUT2D eigenvalue weighted by Gasteiger charge is 2.19. The molecule has 1 atom stereocenters. The summed E-state index contributed by atoms with van der Waals surface area (Å²) in [6, 6.07) is 0. The van der Waals surface area contributed by atoms with Gasteiger partial charge in [0.25, 0.3) is 0 Å². The summed E-state index contributed by atoms with van der Waals surface area (Å²) in [4.78, 5) is 38.5. The van der Waals surface area contributed by atoms with Gasteiger partial charge in [-0.3, -0.25) is 14.4 Å². The zero-order chi connectivity index (χ0) is 58.5. The molecule has 464 valence electrons. The summed E-state index contributed by atoms with van der Waals surface area (Å²) in [5.74, 6) is -0.879. The Morgan fingerprint density at radius 1 is 0.259 bits per heavy atom. The molecular weight excluding hydrogens is 997 g/mol. The summed E-state index contributed by atoms with van der Waals surface area (Å²) < 4.78 is 17.0. The summed E-state index contributed by atoms with van der Waals surface area (Å²) in [6.07, 6.45) is 93.8. The third-order valence-corrected chi connectivity index (χ3v) is 14.8. The second-order valence-corrected chi connectivity index (χ2v) is 22.7. The molecule has 6 nitrogen and oxygen atoms in total. The Morgan fingerprint density at radius 3 is 0.753 bits per heavy atom. The van der Waals surface area contributed by atoms with Gasteiger partial charge in [0.15, 0.2) is 6.10 Å². The van der Waals surface area contributed by atoms with E-state index in [1.165, 1.54) is 167 Å². The first-order valence-electron chi connectivity index (χ1n) is 34.4. The van der Waals surface area contributed by atoms with Crippen molar-refractivity contribution in [3.8, 4) is 0 Å². The minimum atomic E-state index is -0.787. The van der Waals surface area contributed by atoms with E-state index in [9.17, 15) is 14.4 Å². The molecule has 0 aromatic carbocycles. The number of hydrogen-bond donors (Lipinski definition) is 0. The average molecular weight is 1130 g/mol. The minimum Gasteiger partial charge on any atom is -0.462 e. The SMILES string of the molecule is CC/C=C\C/C=C\C/C=C\C/C=C\C/C=C\CCCCCCCCCC(=O)OC(COC(=O)CCCCCCCCCCCCCC/C=C\C/C=C\C/C=C\C/C=C\CC)COC(=O)CCCCCCCCCCCCCCCCC. The number of allylic oxidation sites excluding steroid dienone is 18. The van der Waals surface area contributed by atoms with Crippen LogP contribution in [0.25, 0.3) is 0 Å². The smallest absolute Gasteiger partial charge is 0.306 e. The van der Waals surface area contributed by atoms with Gasteiger partial charge >= 0.3 is 17.9 Å². The quantitative estimate of drug-likeness (QED) is 0.0261. The molecule has 6 heteroatoms. The fourth-order valence-corrected chi connectivity index (χ4v) is 9.70. The normalized spacial score (nSPS) is 12.8. The van der Waals surface area contributed by atoms with Crippen LogP contribution in [0.5, 0.6) is 0 Å². The molecule has 0 aliphatic heterocycles. The zero-order valence-corrected chi connectivity index (χ0v) is 53.3. The topological polar surface area (TPSA) is 78.9 Å². The van der Waals surface area contributed by atoms with Crippen LogP contribution < -0.4 is 0 Å². The average Bonchev–Trinajstić information content (AvgIpc) is 3.47. The molecule has 0 fully saturated rings. The van der Waals surface area contributed by atoms with Crippen LogP contribution in [0.1, 0.15) is 329 Å². The van der Waals surface area contributed by atoms with Gasteiger partial charge in [0.05, 0.1) is 0 Å². The molecule has 0 N–H and O–H groups in total. The predicted molar refractivity (Wildman–Crippen MR) is 353 cm³/mol. The zero-order valence-electron chi connectivity index (χ0n) is 53.3. The van der Waals surface area contributed by atoms with Crippen molar-refractivity contribution in [3.63, 3.8) is 0 Å². The lowest BCUT2D eigenvalue weighted by Gasteiger charge is -2.18. The first-order valence-corrected chi connectivity index (χ1v) is 34.4. The lowest BCUT2D eigenvalue weighted by molar-refractivity contribution is -0.167. The van der Waals surface area contributed by atoms with E-state index >= 15 is 0 Å². The van der Waals surface area contributed by atoms with Gasteiger partial charge in [-0.1, -0.05) is 316 Å². The predicted octanol–water partition coefficient (Wildman–Crippen LogP) is 23.8. The number of rotatable bonds is 62. The van der Waals surface area contributed by atoms with Gasteiger partial charge < -0.3 is 14.2 Å². The largest absolute Gasteiger partial charge is 0.462 e. The van der Waals surface area contributed by atoms with Crippen LogP contribution in [0.4, 0.5) is 0 Å². The molecule has 0 saturated heterocycles. The molecular formula is C75H128O6. The summed E-state index contributed by atoms with van der Waals surface area (Å²) in [7, 11) is 0. The highest BCUT2D eigenvalue weighted by Crippen LogP contribution is 2.17. The number of carbonyl (C=O) groups is 3. The molecule has 1 unspecified atom stereocenters. The van der Waals surface area contributed by atoms with Crippen molar-refractivity contribution in [3.05, 3.63) is 109 Å². The lowest BCUT2D eigenvalue weighted by atomic mass is 10.0. The van der Waals surface area contributed by atoms with Crippen LogP contribution in [0.3, 0.4) is 0 Å². The Hall–Kier alpha value is -3.93. The fraction of sp³-hybridized carbons (Fsp3) is 0.720. The van der Waals surface area contributed by atoms with E-state index in [0.717, 1.165) is 122 Å². The van der Waals surface area contributed by atoms with Gasteiger partial charge in [-0.2, -0.15) is 0 Å². The van der Waals surface area contributed by atoms with E-state index in [4.69, 9.17) is 14.2 Å². The fourth-order valence-electron chi connectivity index (χ4n) is 9.70. The van der Waals surface area contributed by atoms with Gasteiger partial charge in [-0.25, -0.2) is 0 Å². The Labute approximate surface area is 501 Å². The molecule has 81 heavy (non-hydrogen) atoms. The summed E-state index contributed by atoms with van der Waals surface area (Å²) in [5, 5.41) is 0. The van der Waals surface area contributed by atoms with Crippen LogP contribution in [-0.4, -0.2) is 37.2 Å². The molecule has 0 saturated carbocycles. The molecule has 0 bridgehead atoms. The molecule has 0 amide bonds. The second kappa shape index (κ2) is 68.6. The third-order valence-electron chi connectivity index (χ3n) is 14.8. The molecule has 0 aromatic rings. The molecule has 0 heterocycles. The van der Waals surface area contributed by atoms with Crippen molar-refractivity contribution < 1.29 is 28.6 Å². The first-order chi connectivity index (χ1) is 40.0. The molecule has 0 aliphatic carbocycles. The Bertz CT molecular complexity index is 1620. The molecule has 0 radical (unpaired) electrons. The Balaban J connectivity index is 4.36. The van der Waals surface area contributed by atoms with Crippen molar-refractivity contribution in [2.24, 2.45) is 0 Å². The van der Waals surface area contributed by atoms with Crippen molar-refractivity contribution in [2.75, 3.05) is 13.2 Å². The number of hydrogen-bond acceptors (Lipinski definition) is 6. The maximum absolute atomic E-state index is 13.0. The number of ether oxygens (including phenoxy) is 3. The van der Waals surface area contributed by atoms with Gasteiger partial charge in [-0.05, 0) is 103 Å². The van der Waals surface area contributed by atoms with E-state index in [1.54, 1.807) is 0 Å². The maximum Gasteiger partial charge on any atom is 0.306 e. The standard InChI is InChI=1S/C75H128O6/c1-4-7-10-13-16-19-22-25-28-30-32-34-36-37-39-40-42-44-47-50-53-56-59-62-65-68-74(77)80-71-72(70-79-73(76)67-64-61-58-55-52-49-46-27-24-21-18-15-12-9-6-3)81-75(78)69-66-63-60-57-54-51-48-45-43-41-38-35-33-31-29-26-23-20-17-14-11-8-5-2/h7-8,10-11,16-17,19-20,25-26,28-29,32-35,41,43,72H,4-6,9,12-15,18,21-24,27,30-31,36-40,42,44-71H2,1-3H3/b10-7-,11-8-,19-16-,20-17-,28-25-,29-26-,34-32-,35-33-,43-41-. The highest BCUT2D eigenvalue weighted by molar-refractivity contribution is 5.71. The highest BCUT2D eigenvalue weighted by atomic mass is 16.6. The van der Waals surface area contributed by atoms with Crippen molar-refractivity contribution in [2.45, 2.75) is 335 Å².